The topological polar surface area (TPSA) is 87.2 Å². The van der Waals surface area contributed by atoms with Crippen LogP contribution in [0.5, 0.6) is 0 Å². The number of hydrogen-bond acceptors (Lipinski definition) is 4. The first kappa shape index (κ1) is 15.2. The Bertz CT molecular complexity index is 771. The SMILES string of the molecule is Cc1cc(C(=O)N/N=C/c2cccc(Cl)c2Cl)nc(=O)[nH]1. The first-order valence-corrected chi connectivity index (χ1v) is 6.58. The van der Waals surface area contributed by atoms with Crippen LogP contribution in [0.3, 0.4) is 0 Å². The van der Waals surface area contributed by atoms with Crippen LogP contribution in [0.4, 0.5) is 0 Å². The van der Waals surface area contributed by atoms with Crippen LogP contribution in [0.25, 0.3) is 0 Å². The Morgan fingerprint density at radius 1 is 1.43 bits per heavy atom. The summed E-state index contributed by atoms with van der Waals surface area (Å²) >= 11 is 11.8. The van der Waals surface area contributed by atoms with E-state index in [2.05, 4.69) is 20.5 Å². The highest BCUT2D eigenvalue weighted by atomic mass is 35.5. The van der Waals surface area contributed by atoms with E-state index in [1.807, 2.05) is 0 Å². The standard InChI is InChI=1S/C13H10Cl2N4O2/c1-7-5-10(18-13(21)17-7)12(20)19-16-6-8-3-2-4-9(14)11(8)15/h2-6H,1H3,(H,19,20)(H,17,18,21)/b16-6+. The number of carbonyl (C=O) groups excluding carboxylic acids is 1. The minimum Gasteiger partial charge on any atom is -0.310 e. The molecule has 0 aliphatic carbocycles. The minimum atomic E-state index is -0.599. The highest BCUT2D eigenvalue weighted by Crippen LogP contribution is 2.23. The fourth-order valence-corrected chi connectivity index (χ4v) is 1.89. The van der Waals surface area contributed by atoms with Crippen molar-refractivity contribution in [1.82, 2.24) is 15.4 Å². The fraction of sp³-hybridized carbons (Fsp3) is 0.0769. The van der Waals surface area contributed by atoms with Crippen molar-refractivity contribution >= 4 is 35.3 Å². The van der Waals surface area contributed by atoms with E-state index in [1.54, 1.807) is 25.1 Å². The van der Waals surface area contributed by atoms with Crippen molar-refractivity contribution in [1.29, 1.82) is 0 Å². The molecule has 0 atom stereocenters. The molecule has 108 valence electrons. The van der Waals surface area contributed by atoms with Gasteiger partial charge in [0, 0.05) is 11.3 Å². The lowest BCUT2D eigenvalue weighted by Crippen LogP contribution is -2.24. The van der Waals surface area contributed by atoms with Gasteiger partial charge in [0.15, 0.2) is 0 Å². The molecular formula is C13H10Cl2N4O2. The minimum absolute atomic E-state index is 0.0226. The molecule has 2 aromatic rings. The summed E-state index contributed by atoms with van der Waals surface area (Å²) in [5.74, 6) is -0.599. The van der Waals surface area contributed by atoms with E-state index in [-0.39, 0.29) is 5.69 Å². The average molecular weight is 325 g/mol. The number of benzene rings is 1. The zero-order chi connectivity index (χ0) is 15.4. The molecule has 2 N–H and O–H groups in total. The molecule has 21 heavy (non-hydrogen) atoms. The molecule has 0 bridgehead atoms. The van der Waals surface area contributed by atoms with Crippen LogP contribution in [0.1, 0.15) is 21.7 Å². The summed E-state index contributed by atoms with van der Waals surface area (Å²) in [5, 5.41) is 4.48. The zero-order valence-electron chi connectivity index (χ0n) is 10.9. The van der Waals surface area contributed by atoms with Crippen LogP contribution < -0.4 is 11.1 Å². The normalized spacial score (nSPS) is 10.8. The van der Waals surface area contributed by atoms with Gasteiger partial charge in [0.25, 0.3) is 5.91 Å². The van der Waals surface area contributed by atoms with E-state index < -0.39 is 11.6 Å². The molecule has 0 fully saturated rings. The van der Waals surface area contributed by atoms with Crippen LogP contribution in [-0.2, 0) is 0 Å². The number of carbonyl (C=O) groups is 1. The number of H-pyrrole nitrogens is 1. The summed E-state index contributed by atoms with van der Waals surface area (Å²) in [6.45, 7) is 1.65. The lowest BCUT2D eigenvalue weighted by Gasteiger charge is -2.01. The predicted octanol–water partition coefficient (Wildman–Crippen LogP) is 2.15. The van der Waals surface area contributed by atoms with Crippen molar-refractivity contribution in [2.75, 3.05) is 0 Å². The van der Waals surface area contributed by atoms with Gasteiger partial charge < -0.3 is 4.98 Å². The van der Waals surface area contributed by atoms with Crippen molar-refractivity contribution in [3.63, 3.8) is 0 Å². The van der Waals surface area contributed by atoms with E-state index in [0.29, 0.717) is 21.3 Å². The summed E-state index contributed by atoms with van der Waals surface area (Å²) in [4.78, 5) is 29.0. The first-order valence-electron chi connectivity index (χ1n) is 5.83. The Labute approximate surface area is 129 Å². The highest BCUT2D eigenvalue weighted by molar-refractivity contribution is 6.43. The maximum absolute atomic E-state index is 11.8. The molecule has 0 saturated heterocycles. The number of hydrogen-bond donors (Lipinski definition) is 2. The molecule has 6 nitrogen and oxygen atoms in total. The van der Waals surface area contributed by atoms with Crippen molar-refractivity contribution in [2.24, 2.45) is 5.10 Å². The molecule has 0 saturated carbocycles. The van der Waals surface area contributed by atoms with Crippen LogP contribution in [0, 0.1) is 6.92 Å². The number of nitrogens with one attached hydrogen (secondary N) is 2. The first-order chi connectivity index (χ1) is 9.97. The number of aromatic amines is 1. The maximum Gasteiger partial charge on any atom is 0.345 e. The Morgan fingerprint density at radius 3 is 2.90 bits per heavy atom. The third kappa shape index (κ3) is 3.90. The summed E-state index contributed by atoms with van der Waals surface area (Å²) < 4.78 is 0. The second-order valence-corrected chi connectivity index (χ2v) is 4.88. The molecule has 0 aliphatic heterocycles. The Hall–Kier alpha value is -2.18. The number of hydrazone groups is 1. The largest absolute Gasteiger partial charge is 0.345 e. The van der Waals surface area contributed by atoms with Gasteiger partial charge in [0.2, 0.25) is 0 Å². The number of aromatic nitrogens is 2. The van der Waals surface area contributed by atoms with Crippen LogP contribution in [0.2, 0.25) is 10.0 Å². The predicted molar refractivity (Wildman–Crippen MR) is 81.1 cm³/mol. The molecule has 0 spiro atoms. The average Bonchev–Trinajstić information content (AvgIpc) is 2.42. The van der Waals surface area contributed by atoms with Crippen LogP contribution in [0.15, 0.2) is 34.2 Å². The molecule has 2 rings (SSSR count). The van der Waals surface area contributed by atoms with Gasteiger partial charge in [0.05, 0.1) is 16.3 Å². The quantitative estimate of drug-likeness (QED) is 0.669. The van der Waals surface area contributed by atoms with Gasteiger partial charge in [-0.25, -0.2) is 10.2 Å². The molecule has 1 amide bonds. The summed E-state index contributed by atoms with van der Waals surface area (Å²) in [6, 6.07) is 6.49. The molecule has 0 unspecified atom stereocenters. The van der Waals surface area contributed by atoms with Crippen molar-refractivity contribution in [3.05, 3.63) is 61.7 Å². The van der Waals surface area contributed by atoms with E-state index in [1.165, 1.54) is 12.3 Å². The number of aryl methyl sites for hydroxylation is 1. The molecule has 0 radical (unpaired) electrons. The van der Waals surface area contributed by atoms with Gasteiger partial charge >= 0.3 is 5.69 Å². The Morgan fingerprint density at radius 2 is 2.19 bits per heavy atom. The Balaban J connectivity index is 2.12. The van der Waals surface area contributed by atoms with E-state index in [9.17, 15) is 9.59 Å². The molecular weight excluding hydrogens is 315 g/mol. The second-order valence-electron chi connectivity index (χ2n) is 4.10. The monoisotopic (exact) mass is 324 g/mol. The number of halogens is 2. The number of nitrogens with zero attached hydrogens (tertiary/aromatic N) is 2. The zero-order valence-corrected chi connectivity index (χ0v) is 12.4. The second kappa shape index (κ2) is 6.51. The molecule has 1 heterocycles. The number of amides is 1. The van der Waals surface area contributed by atoms with Gasteiger partial charge in [-0.05, 0) is 19.1 Å². The van der Waals surface area contributed by atoms with Gasteiger partial charge in [0.1, 0.15) is 5.69 Å². The molecule has 8 heteroatoms. The van der Waals surface area contributed by atoms with E-state index >= 15 is 0 Å². The van der Waals surface area contributed by atoms with Crippen molar-refractivity contribution in [2.45, 2.75) is 6.92 Å². The fourth-order valence-electron chi connectivity index (χ4n) is 1.53. The summed E-state index contributed by atoms with van der Waals surface area (Å²) in [5.41, 5.74) is 2.73. The lowest BCUT2D eigenvalue weighted by atomic mass is 10.2. The third-order valence-corrected chi connectivity index (χ3v) is 3.30. The van der Waals surface area contributed by atoms with Crippen molar-refractivity contribution < 1.29 is 4.79 Å². The van der Waals surface area contributed by atoms with Gasteiger partial charge in [-0.1, -0.05) is 35.3 Å². The highest BCUT2D eigenvalue weighted by Gasteiger charge is 2.08. The number of rotatable bonds is 3. The molecule has 1 aromatic heterocycles. The van der Waals surface area contributed by atoms with Crippen LogP contribution >= 0.6 is 23.2 Å². The third-order valence-electron chi connectivity index (χ3n) is 2.46. The summed E-state index contributed by atoms with van der Waals surface area (Å²) in [7, 11) is 0. The van der Waals surface area contributed by atoms with Crippen molar-refractivity contribution in [3.8, 4) is 0 Å². The van der Waals surface area contributed by atoms with E-state index in [0.717, 1.165) is 0 Å². The van der Waals surface area contributed by atoms with Gasteiger partial charge in [-0.15, -0.1) is 0 Å². The van der Waals surface area contributed by atoms with Gasteiger partial charge in [-0.3, -0.25) is 4.79 Å². The molecule has 1 aromatic carbocycles. The summed E-state index contributed by atoms with van der Waals surface area (Å²) in [6.07, 6.45) is 1.35. The smallest absolute Gasteiger partial charge is 0.310 e. The van der Waals surface area contributed by atoms with E-state index in [4.69, 9.17) is 23.2 Å². The van der Waals surface area contributed by atoms with Gasteiger partial charge in [-0.2, -0.15) is 10.1 Å². The Kier molecular flexibility index (Phi) is 4.72. The lowest BCUT2D eigenvalue weighted by molar-refractivity contribution is 0.0949. The maximum atomic E-state index is 11.8. The molecule has 0 aliphatic rings. The van der Waals surface area contributed by atoms with Crippen LogP contribution in [-0.4, -0.2) is 22.1 Å².